The summed E-state index contributed by atoms with van der Waals surface area (Å²) in [4.78, 5) is 2.20. The molecule has 1 N–H and O–H groups in total. The molecule has 100 valence electrons. The van der Waals surface area contributed by atoms with Crippen LogP contribution in [0.5, 0.6) is 0 Å². The van der Waals surface area contributed by atoms with Crippen molar-refractivity contribution in [3.63, 3.8) is 0 Å². The smallest absolute Gasteiger partial charge is 0.152 e. The number of nitrogens with zero attached hydrogens (tertiary/aromatic N) is 1. The molecule has 0 amide bonds. The minimum Gasteiger partial charge on any atom is -0.384 e. The SMILES string of the molecule is Cc1ccccc1NCCN1CCS(=O)(=O)CC1. The first-order valence-electron chi connectivity index (χ1n) is 6.29. The summed E-state index contributed by atoms with van der Waals surface area (Å²) in [5.74, 6) is 0.606. The van der Waals surface area contributed by atoms with E-state index in [4.69, 9.17) is 0 Å². The van der Waals surface area contributed by atoms with E-state index in [1.807, 2.05) is 12.1 Å². The van der Waals surface area contributed by atoms with Crippen LogP contribution in [0.25, 0.3) is 0 Å². The van der Waals surface area contributed by atoms with E-state index in [9.17, 15) is 8.42 Å². The molecule has 1 saturated heterocycles. The molecule has 0 aromatic heterocycles. The van der Waals surface area contributed by atoms with Crippen molar-refractivity contribution in [2.75, 3.05) is 43.0 Å². The molecule has 1 fully saturated rings. The first kappa shape index (κ1) is 13.4. The lowest BCUT2D eigenvalue weighted by molar-refractivity contribution is 0.307. The van der Waals surface area contributed by atoms with Gasteiger partial charge >= 0.3 is 0 Å². The van der Waals surface area contributed by atoms with Crippen LogP contribution in [0.15, 0.2) is 24.3 Å². The van der Waals surface area contributed by atoms with Gasteiger partial charge in [0, 0.05) is 31.9 Å². The molecule has 1 aromatic rings. The normalized spacial score (nSPS) is 19.6. The lowest BCUT2D eigenvalue weighted by Gasteiger charge is -2.26. The summed E-state index contributed by atoms with van der Waals surface area (Å²) in [5.41, 5.74) is 2.39. The number of sulfone groups is 1. The van der Waals surface area contributed by atoms with Crippen molar-refractivity contribution < 1.29 is 8.42 Å². The molecule has 0 unspecified atom stereocenters. The second kappa shape index (κ2) is 5.71. The van der Waals surface area contributed by atoms with Crippen LogP contribution in [0, 0.1) is 6.92 Å². The number of benzene rings is 1. The molecule has 0 saturated carbocycles. The van der Waals surface area contributed by atoms with Crippen molar-refractivity contribution >= 4 is 15.5 Å². The fraction of sp³-hybridized carbons (Fsp3) is 0.538. The van der Waals surface area contributed by atoms with Crippen LogP contribution >= 0.6 is 0 Å². The number of anilines is 1. The third-order valence-corrected chi connectivity index (χ3v) is 4.93. The van der Waals surface area contributed by atoms with Gasteiger partial charge in [0.25, 0.3) is 0 Å². The first-order valence-corrected chi connectivity index (χ1v) is 8.11. The van der Waals surface area contributed by atoms with Gasteiger partial charge in [0.15, 0.2) is 9.84 Å². The summed E-state index contributed by atoms with van der Waals surface area (Å²) in [7, 11) is -2.76. The average Bonchev–Trinajstić information content (AvgIpc) is 2.34. The second-order valence-corrected chi connectivity index (χ2v) is 7.04. The fourth-order valence-electron chi connectivity index (χ4n) is 2.09. The Labute approximate surface area is 109 Å². The Bertz CT molecular complexity index is 485. The molecular weight excluding hydrogens is 248 g/mol. The van der Waals surface area contributed by atoms with Crippen LogP contribution in [-0.2, 0) is 9.84 Å². The van der Waals surface area contributed by atoms with Gasteiger partial charge in [0.1, 0.15) is 0 Å². The quantitative estimate of drug-likeness (QED) is 0.889. The van der Waals surface area contributed by atoms with Crippen molar-refractivity contribution in [3.05, 3.63) is 29.8 Å². The third-order valence-electron chi connectivity index (χ3n) is 3.33. The second-order valence-electron chi connectivity index (χ2n) is 4.74. The summed E-state index contributed by atoms with van der Waals surface area (Å²) in [6.45, 7) is 5.15. The van der Waals surface area contributed by atoms with Crippen molar-refractivity contribution in [3.8, 4) is 0 Å². The van der Waals surface area contributed by atoms with E-state index in [0.717, 1.165) is 18.8 Å². The standard InChI is InChI=1S/C13H20N2O2S/c1-12-4-2-3-5-13(12)14-6-7-15-8-10-18(16,17)11-9-15/h2-5,14H,6-11H2,1H3. The molecule has 0 spiro atoms. The summed E-state index contributed by atoms with van der Waals surface area (Å²) < 4.78 is 22.6. The molecule has 5 heteroatoms. The summed E-state index contributed by atoms with van der Waals surface area (Å²) in [6.07, 6.45) is 0. The van der Waals surface area contributed by atoms with Crippen LogP contribution in [0.4, 0.5) is 5.69 Å². The van der Waals surface area contributed by atoms with Crippen molar-refractivity contribution in [1.29, 1.82) is 0 Å². The predicted molar refractivity (Wildman–Crippen MR) is 74.8 cm³/mol. The molecule has 4 nitrogen and oxygen atoms in total. The molecule has 0 atom stereocenters. The summed E-state index contributed by atoms with van der Waals surface area (Å²) >= 11 is 0. The maximum atomic E-state index is 11.3. The molecule has 1 aliphatic heterocycles. The van der Waals surface area contributed by atoms with Gasteiger partial charge in [-0.1, -0.05) is 18.2 Å². The van der Waals surface area contributed by atoms with E-state index in [0.29, 0.717) is 24.6 Å². The molecule has 1 aromatic carbocycles. The molecule has 2 rings (SSSR count). The van der Waals surface area contributed by atoms with E-state index in [2.05, 4.69) is 29.3 Å². The van der Waals surface area contributed by atoms with E-state index < -0.39 is 9.84 Å². The Hall–Kier alpha value is -1.07. The first-order chi connectivity index (χ1) is 8.57. The van der Waals surface area contributed by atoms with E-state index in [-0.39, 0.29) is 0 Å². The largest absolute Gasteiger partial charge is 0.384 e. The number of nitrogens with one attached hydrogen (secondary N) is 1. The highest BCUT2D eigenvalue weighted by Crippen LogP contribution is 2.12. The topological polar surface area (TPSA) is 49.4 Å². The molecule has 0 aliphatic carbocycles. The van der Waals surface area contributed by atoms with E-state index >= 15 is 0 Å². The molecular formula is C13H20N2O2S. The predicted octanol–water partition coefficient (Wildman–Crippen LogP) is 1.14. The number of para-hydroxylation sites is 1. The van der Waals surface area contributed by atoms with E-state index in [1.54, 1.807) is 0 Å². The highest BCUT2D eigenvalue weighted by atomic mass is 32.2. The lowest BCUT2D eigenvalue weighted by atomic mass is 10.2. The van der Waals surface area contributed by atoms with Crippen molar-refractivity contribution in [2.45, 2.75) is 6.92 Å². The Balaban J connectivity index is 1.75. The Kier molecular flexibility index (Phi) is 4.24. The van der Waals surface area contributed by atoms with Gasteiger partial charge in [-0.15, -0.1) is 0 Å². The zero-order chi connectivity index (χ0) is 13.0. The van der Waals surface area contributed by atoms with Gasteiger partial charge in [-0.2, -0.15) is 0 Å². The van der Waals surface area contributed by atoms with Crippen LogP contribution in [0.2, 0.25) is 0 Å². The van der Waals surface area contributed by atoms with Gasteiger partial charge in [-0.05, 0) is 18.6 Å². The van der Waals surface area contributed by atoms with Crippen LogP contribution in [0.3, 0.4) is 0 Å². The van der Waals surface area contributed by atoms with Crippen LogP contribution < -0.4 is 5.32 Å². The van der Waals surface area contributed by atoms with Gasteiger partial charge in [0.05, 0.1) is 11.5 Å². The number of hydrogen-bond acceptors (Lipinski definition) is 4. The molecule has 0 radical (unpaired) electrons. The average molecular weight is 268 g/mol. The molecule has 1 aliphatic rings. The Morgan fingerprint density at radius 3 is 2.56 bits per heavy atom. The summed E-state index contributed by atoms with van der Waals surface area (Å²) in [5, 5.41) is 3.39. The van der Waals surface area contributed by atoms with Crippen molar-refractivity contribution in [1.82, 2.24) is 4.90 Å². The number of rotatable bonds is 4. The van der Waals surface area contributed by atoms with Crippen LogP contribution in [-0.4, -0.2) is 51.0 Å². The molecule has 0 bridgehead atoms. The van der Waals surface area contributed by atoms with Gasteiger partial charge in [-0.3, -0.25) is 4.90 Å². The number of hydrogen-bond donors (Lipinski definition) is 1. The highest BCUT2D eigenvalue weighted by Gasteiger charge is 2.20. The maximum absolute atomic E-state index is 11.3. The Morgan fingerprint density at radius 1 is 1.22 bits per heavy atom. The fourth-order valence-corrected chi connectivity index (χ4v) is 3.37. The zero-order valence-electron chi connectivity index (χ0n) is 10.7. The third kappa shape index (κ3) is 3.71. The Morgan fingerprint density at radius 2 is 1.89 bits per heavy atom. The van der Waals surface area contributed by atoms with Gasteiger partial charge in [-0.25, -0.2) is 8.42 Å². The summed E-state index contributed by atoms with van der Waals surface area (Å²) in [6, 6.07) is 8.19. The minimum atomic E-state index is -2.76. The highest BCUT2D eigenvalue weighted by molar-refractivity contribution is 7.91. The zero-order valence-corrected chi connectivity index (χ0v) is 11.5. The van der Waals surface area contributed by atoms with Crippen molar-refractivity contribution in [2.24, 2.45) is 0 Å². The molecule has 18 heavy (non-hydrogen) atoms. The van der Waals surface area contributed by atoms with Gasteiger partial charge < -0.3 is 5.32 Å². The molecule has 1 heterocycles. The monoisotopic (exact) mass is 268 g/mol. The lowest BCUT2D eigenvalue weighted by Crippen LogP contribution is -2.42. The number of aryl methyl sites for hydroxylation is 1. The maximum Gasteiger partial charge on any atom is 0.152 e. The van der Waals surface area contributed by atoms with Gasteiger partial charge in [0.2, 0.25) is 0 Å². The van der Waals surface area contributed by atoms with E-state index in [1.165, 1.54) is 5.56 Å². The minimum absolute atomic E-state index is 0.303. The van der Waals surface area contributed by atoms with Crippen LogP contribution in [0.1, 0.15) is 5.56 Å².